The topological polar surface area (TPSA) is 124 Å². The summed E-state index contributed by atoms with van der Waals surface area (Å²) >= 11 is 6.43. The number of aromatic nitrogens is 3. The zero-order chi connectivity index (χ0) is 30.1. The Morgan fingerprint density at radius 2 is 1.26 bits per heavy atom. The predicted octanol–water partition coefficient (Wildman–Crippen LogP) is 6.38. The van der Waals surface area contributed by atoms with E-state index in [4.69, 9.17) is 11.6 Å². The zero-order valence-electron chi connectivity index (χ0n) is 24.3. The first-order valence-electron chi connectivity index (χ1n) is 13.9. The van der Waals surface area contributed by atoms with Gasteiger partial charge in [0.2, 0.25) is 27.9 Å². The Labute approximate surface area is 253 Å². The molecule has 0 unspecified atom stereocenters. The maximum atomic E-state index is 12.8. The molecule has 0 atom stereocenters. The van der Waals surface area contributed by atoms with Crippen LogP contribution in [0.5, 0.6) is 0 Å². The highest BCUT2D eigenvalue weighted by Gasteiger charge is 2.15. The third-order valence-corrected chi connectivity index (χ3v) is 8.36. The average molecular weight is 609 g/mol. The average Bonchev–Trinajstić information content (AvgIpc) is 2.96. The number of benzene rings is 3. The maximum absolute atomic E-state index is 12.8. The summed E-state index contributed by atoms with van der Waals surface area (Å²) in [7, 11) is -3.62. The van der Waals surface area contributed by atoms with Crippen molar-refractivity contribution in [3.05, 3.63) is 82.9 Å². The van der Waals surface area contributed by atoms with Crippen molar-refractivity contribution in [2.45, 2.75) is 39.0 Å². The maximum Gasteiger partial charge on any atom is 0.240 e. The normalized spacial score (nSPS) is 11.5. The highest BCUT2D eigenvalue weighted by atomic mass is 35.5. The van der Waals surface area contributed by atoms with Crippen molar-refractivity contribution in [1.29, 1.82) is 0 Å². The molecule has 0 radical (unpaired) electrons. The molecule has 0 aliphatic carbocycles. The first kappa shape index (κ1) is 31.2. The zero-order valence-corrected chi connectivity index (χ0v) is 25.9. The van der Waals surface area contributed by atoms with Crippen LogP contribution < -0.4 is 20.7 Å². The lowest BCUT2D eigenvalue weighted by Gasteiger charge is -2.17. The fraction of sp³-hybridized carbons (Fsp3) is 0.300. The number of nitrogens with zero attached hydrogens (tertiary/aromatic N) is 4. The highest BCUT2D eigenvalue weighted by Crippen LogP contribution is 2.27. The van der Waals surface area contributed by atoms with Crippen LogP contribution in [0.25, 0.3) is 0 Å². The molecule has 12 heteroatoms. The van der Waals surface area contributed by atoms with E-state index in [0.29, 0.717) is 28.9 Å². The predicted molar refractivity (Wildman–Crippen MR) is 171 cm³/mol. The van der Waals surface area contributed by atoms with E-state index in [0.717, 1.165) is 42.9 Å². The summed E-state index contributed by atoms with van der Waals surface area (Å²) in [5, 5.41) is 10.1. The molecule has 4 N–H and O–H groups in total. The molecule has 0 saturated carbocycles. The van der Waals surface area contributed by atoms with Gasteiger partial charge >= 0.3 is 0 Å². The van der Waals surface area contributed by atoms with E-state index in [1.54, 1.807) is 24.3 Å². The molecule has 3 aromatic carbocycles. The number of hydrogen-bond acceptors (Lipinski definition) is 9. The number of hydrogen-bond donors (Lipinski definition) is 4. The molecule has 0 saturated heterocycles. The summed E-state index contributed by atoms with van der Waals surface area (Å²) in [5.41, 5.74) is 4.25. The second-order valence-electron chi connectivity index (χ2n) is 9.83. The van der Waals surface area contributed by atoms with Crippen LogP contribution in [0.4, 0.5) is 34.9 Å². The van der Waals surface area contributed by atoms with E-state index in [1.807, 2.05) is 56.3 Å². The minimum absolute atomic E-state index is 0.185. The summed E-state index contributed by atoms with van der Waals surface area (Å²) in [4.78, 5) is 16.0. The first-order chi connectivity index (χ1) is 20.1. The van der Waals surface area contributed by atoms with Crippen molar-refractivity contribution in [2.75, 3.05) is 42.1 Å². The van der Waals surface area contributed by atoms with Gasteiger partial charge in [-0.2, -0.15) is 15.0 Å². The molecule has 42 heavy (non-hydrogen) atoms. The molecule has 0 amide bonds. The van der Waals surface area contributed by atoms with Gasteiger partial charge in [-0.15, -0.1) is 0 Å². The van der Waals surface area contributed by atoms with Gasteiger partial charge in [0.25, 0.3) is 0 Å². The molecule has 4 rings (SSSR count). The fourth-order valence-electron chi connectivity index (χ4n) is 4.13. The van der Waals surface area contributed by atoms with E-state index >= 15 is 0 Å². The van der Waals surface area contributed by atoms with Crippen LogP contribution in [0.3, 0.4) is 0 Å². The van der Waals surface area contributed by atoms with Gasteiger partial charge in [-0.3, -0.25) is 0 Å². The largest absolute Gasteiger partial charge is 0.324 e. The Bertz CT molecular complexity index is 1580. The second kappa shape index (κ2) is 14.4. The number of anilines is 6. The van der Waals surface area contributed by atoms with Gasteiger partial charge in [-0.1, -0.05) is 49.2 Å². The Morgan fingerprint density at radius 3 is 1.81 bits per heavy atom. The Balaban J connectivity index is 1.50. The molecule has 222 valence electrons. The van der Waals surface area contributed by atoms with E-state index < -0.39 is 10.0 Å². The highest BCUT2D eigenvalue weighted by molar-refractivity contribution is 7.89. The van der Waals surface area contributed by atoms with Crippen LogP contribution in [0.2, 0.25) is 5.02 Å². The van der Waals surface area contributed by atoms with Crippen molar-refractivity contribution in [2.24, 2.45) is 0 Å². The first-order valence-corrected chi connectivity index (χ1v) is 15.7. The van der Waals surface area contributed by atoms with Crippen LogP contribution in [-0.4, -0.2) is 54.4 Å². The smallest absolute Gasteiger partial charge is 0.240 e. The quantitative estimate of drug-likeness (QED) is 0.121. The summed E-state index contributed by atoms with van der Waals surface area (Å²) in [5.74, 6) is 0.853. The van der Waals surface area contributed by atoms with Crippen molar-refractivity contribution in [3.63, 3.8) is 0 Å². The molecule has 0 aliphatic heterocycles. The molecule has 0 aliphatic rings. The molecule has 0 spiro atoms. The number of nitrogens with one attached hydrogen (secondary N) is 4. The number of sulfonamides is 1. The van der Waals surface area contributed by atoms with E-state index in [9.17, 15) is 8.42 Å². The molecule has 1 aromatic heterocycles. The molecule has 10 nitrogen and oxygen atoms in total. The van der Waals surface area contributed by atoms with Crippen molar-refractivity contribution in [1.82, 2.24) is 24.6 Å². The van der Waals surface area contributed by atoms with Gasteiger partial charge in [-0.25, -0.2) is 13.1 Å². The van der Waals surface area contributed by atoms with E-state index in [-0.39, 0.29) is 16.8 Å². The molecular formula is C30H37ClN8O2S. The molecule has 1 heterocycles. The van der Waals surface area contributed by atoms with Crippen molar-refractivity contribution in [3.8, 4) is 0 Å². The van der Waals surface area contributed by atoms with Gasteiger partial charge in [0, 0.05) is 17.9 Å². The van der Waals surface area contributed by atoms with E-state index in [2.05, 4.69) is 54.4 Å². The molecule has 0 bridgehead atoms. The summed E-state index contributed by atoms with van der Waals surface area (Å²) < 4.78 is 28.3. The SMILES string of the molecule is CCN(CC)CCCNS(=O)(=O)c1ccc(Nc2nc(Nc3ccc(C)cc3)nc(Nc3ccc(C)cc3Cl)n2)cc1. The minimum atomic E-state index is -3.62. The van der Waals surface area contributed by atoms with Crippen LogP contribution in [0.15, 0.2) is 71.6 Å². The Hall–Kier alpha value is -3.77. The standard InChI is InChI=1S/C30H37ClN8O2S/c1-5-39(6-2)19-7-18-32-42(40,41)25-15-13-24(14-16-25)34-29-36-28(33-23-11-8-21(3)9-12-23)37-30(38-29)35-27-17-10-22(4)20-26(27)31/h8-17,20,32H,5-7,18-19H2,1-4H3,(H3,33,34,35,36,37,38). The monoisotopic (exact) mass is 608 g/mol. The number of rotatable bonds is 14. The summed E-state index contributed by atoms with van der Waals surface area (Å²) in [6.45, 7) is 11.3. The molecule has 4 aromatic rings. The van der Waals surface area contributed by atoms with Crippen molar-refractivity contribution < 1.29 is 8.42 Å². The Kier molecular flexibility index (Phi) is 10.7. The Morgan fingerprint density at radius 1 is 0.738 bits per heavy atom. The molecule has 0 fully saturated rings. The number of halogens is 1. The molecular weight excluding hydrogens is 572 g/mol. The third kappa shape index (κ3) is 8.86. The van der Waals surface area contributed by atoms with Gasteiger partial charge in [0.1, 0.15) is 0 Å². The van der Waals surface area contributed by atoms with Crippen LogP contribution >= 0.6 is 11.6 Å². The van der Waals surface area contributed by atoms with Crippen LogP contribution in [0.1, 0.15) is 31.4 Å². The second-order valence-corrected chi connectivity index (χ2v) is 12.0. The lowest BCUT2D eigenvalue weighted by molar-refractivity contribution is 0.300. The minimum Gasteiger partial charge on any atom is -0.324 e. The van der Waals surface area contributed by atoms with Gasteiger partial charge in [-0.05, 0) is 94.0 Å². The van der Waals surface area contributed by atoms with Gasteiger partial charge in [0.15, 0.2) is 0 Å². The van der Waals surface area contributed by atoms with Crippen molar-refractivity contribution >= 4 is 56.5 Å². The summed E-state index contributed by atoms with van der Waals surface area (Å²) in [6.07, 6.45) is 0.739. The van der Waals surface area contributed by atoms with Gasteiger partial charge in [0.05, 0.1) is 15.6 Å². The fourth-order valence-corrected chi connectivity index (χ4v) is 5.49. The third-order valence-electron chi connectivity index (χ3n) is 6.57. The summed E-state index contributed by atoms with van der Waals surface area (Å²) in [6, 6.07) is 19.9. The van der Waals surface area contributed by atoms with E-state index in [1.165, 1.54) is 0 Å². The van der Waals surface area contributed by atoms with Gasteiger partial charge < -0.3 is 20.9 Å². The van der Waals surface area contributed by atoms with Crippen LogP contribution in [-0.2, 0) is 10.0 Å². The number of aryl methyl sites for hydroxylation is 2. The van der Waals surface area contributed by atoms with Crippen LogP contribution in [0, 0.1) is 13.8 Å². The lowest BCUT2D eigenvalue weighted by Crippen LogP contribution is -2.30. The lowest BCUT2D eigenvalue weighted by atomic mass is 10.2.